The van der Waals surface area contributed by atoms with Crippen molar-refractivity contribution in [2.45, 2.75) is 38.0 Å². The molecule has 1 saturated carbocycles. The molecule has 1 heteroatoms. The monoisotopic (exact) mass is 145 g/mol. The van der Waals surface area contributed by atoms with E-state index >= 15 is 0 Å². The molecule has 0 aromatic heterocycles. The van der Waals surface area contributed by atoms with E-state index in [1.807, 2.05) is 0 Å². The molecule has 0 N–H and O–H groups in total. The van der Waals surface area contributed by atoms with Crippen molar-refractivity contribution >= 4 is 11.6 Å². The van der Waals surface area contributed by atoms with Gasteiger partial charge in [0, 0.05) is 5.38 Å². The molecule has 0 atom stereocenters. The van der Waals surface area contributed by atoms with Gasteiger partial charge < -0.3 is 0 Å². The highest BCUT2D eigenvalue weighted by atomic mass is 35.5. The molecule has 0 nitrogen and oxygen atoms in total. The summed E-state index contributed by atoms with van der Waals surface area (Å²) in [7, 11) is 0. The molecule has 1 aliphatic rings. The Hall–Kier alpha value is 0.290. The predicted molar refractivity (Wildman–Crippen MR) is 41.6 cm³/mol. The van der Waals surface area contributed by atoms with Crippen LogP contribution in [0, 0.1) is 12.3 Å². The Morgan fingerprint density at radius 2 is 1.78 bits per heavy atom. The molecule has 0 aliphatic heterocycles. The standard InChI is InChI=1S/C8H14Cl/c1-2-7-3-5-8(9)6-4-7/h2,7-8H,3-6H2,1H3. The van der Waals surface area contributed by atoms with E-state index in [4.69, 9.17) is 11.6 Å². The van der Waals surface area contributed by atoms with Crippen molar-refractivity contribution in [2.75, 3.05) is 0 Å². The summed E-state index contributed by atoms with van der Waals surface area (Å²) in [6, 6.07) is 0. The molecule has 9 heavy (non-hydrogen) atoms. The van der Waals surface area contributed by atoms with Crippen LogP contribution in [-0.4, -0.2) is 5.38 Å². The molecular weight excluding hydrogens is 132 g/mol. The molecule has 0 aromatic carbocycles. The van der Waals surface area contributed by atoms with E-state index in [1.165, 1.54) is 25.7 Å². The third-order valence-electron chi connectivity index (χ3n) is 2.17. The van der Waals surface area contributed by atoms with Gasteiger partial charge >= 0.3 is 0 Å². The van der Waals surface area contributed by atoms with E-state index < -0.39 is 0 Å². The van der Waals surface area contributed by atoms with Crippen molar-refractivity contribution in [2.24, 2.45) is 5.92 Å². The van der Waals surface area contributed by atoms with Gasteiger partial charge in [0.05, 0.1) is 0 Å². The minimum absolute atomic E-state index is 0.473. The van der Waals surface area contributed by atoms with Crippen molar-refractivity contribution in [1.29, 1.82) is 0 Å². The number of halogens is 1. The fourth-order valence-electron chi connectivity index (χ4n) is 1.41. The minimum atomic E-state index is 0.473. The molecule has 0 aromatic rings. The molecule has 0 amide bonds. The van der Waals surface area contributed by atoms with E-state index in [0.29, 0.717) is 5.38 Å². The summed E-state index contributed by atoms with van der Waals surface area (Å²) < 4.78 is 0. The molecule has 1 radical (unpaired) electrons. The Balaban J connectivity index is 2.18. The smallest absolute Gasteiger partial charge is 0.0336 e. The van der Waals surface area contributed by atoms with E-state index in [9.17, 15) is 0 Å². The fourth-order valence-corrected chi connectivity index (χ4v) is 1.66. The lowest BCUT2D eigenvalue weighted by molar-refractivity contribution is 0.404. The summed E-state index contributed by atoms with van der Waals surface area (Å²) in [6.07, 6.45) is 7.37. The summed E-state index contributed by atoms with van der Waals surface area (Å²) in [5, 5.41) is 0.473. The third kappa shape index (κ3) is 2.17. The number of hydrogen-bond donors (Lipinski definition) is 0. The van der Waals surface area contributed by atoms with Crippen molar-refractivity contribution in [1.82, 2.24) is 0 Å². The van der Waals surface area contributed by atoms with E-state index in [1.54, 1.807) is 0 Å². The number of rotatable bonds is 1. The van der Waals surface area contributed by atoms with Crippen LogP contribution in [0.2, 0.25) is 0 Å². The topological polar surface area (TPSA) is 0 Å². The van der Waals surface area contributed by atoms with Gasteiger partial charge in [-0.05, 0) is 38.0 Å². The lowest BCUT2D eigenvalue weighted by Crippen LogP contribution is -2.13. The first-order valence-electron chi connectivity index (χ1n) is 3.76. The highest BCUT2D eigenvalue weighted by Crippen LogP contribution is 2.28. The second kappa shape index (κ2) is 3.46. The Labute approximate surface area is 62.6 Å². The quantitative estimate of drug-likeness (QED) is 0.498. The van der Waals surface area contributed by atoms with Crippen molar-refractivity contribution < 1.29 is 0 Å². The van der Waals surface area contributed by atoms with Crippen LogP contribution in [0.25, 0.3) is 0 Å². The zero-order chi connectivity index (χ0) is 6.69. The normalized spacial score (nSPS) is 36.7. The molecule has 1 fully saturated rings. The number of alkyl halides is 1. The fraction of sp³-hybridized carbons (Fsp3) is 0.875. The highest BCUT2D eigenvalue weighted by Gasteiger charge is 2.17. The maximum absolute atomic E-state index is 5.93. The maximum atomic E-state index is 5.93. The van der Waals surface area contributed by atoms with Crippen LogP contribution in [0.3, 0.4) is 0 Å². The molecule has 0 unspecified atom stereocenters. The lowest BCUT2D eigenvalue weighted by Gasteiger charge is -2.23. The highest BCUT2D eigenvalue weighted by molar-refractivity contribution is 6.20. The van der Waals surface area contributed by atoms with Gasteiger partial charge in [-0.2, -0.15) is 0 Å². The summed E-state index contributed by atoms with van der Waals surface area (Å²) in [4.78, 5) is 0. The Kier molecular flexibility index (Phi) is 2.84. The van der Waals surface area contributed by atoms with Gasteiger partial charge in [0.15, 0.2) is 0 Å². The molecular formula is C8H14Cl. The second-order valence-electron chi connectivity index (χ2n) is 2.85. The van der Waals surface area contributed by atoms with Crippen LogP contribution < -0.4 is 0 Å². The Morgan fingerprint density at radius 3 is 2.22 bits per heavy atom. The van der Waals surface area contributed by atoms with Crippen molar-refractivity contribution in [3.63, 3.8) is 0 Å². The molecule has 0 spiro atoms. The average molecular weight is 146 g/mol. The average Bonchev–Trinajstić information content (AvgIpc) is 1.90. The summed E-state index contributed by atoms with van der Waals surface area (Å²) in [5.41, 5.74) is 0. The predicted octanol–water partition coefficient (Wildman–Crippen LogP) is 3.01. The van der Waals surface area contributed by atoms with Crippen molar-refractivity contribution in [3.05, 3.63) is 6.42 Å². The largest absolute Gasteiger partial charge is 0.123 e. The van der Waals surface area contributed by atoms with Gasteiger partial charge in [-0.25, -0.2) is 0 Å². The Morgan fingerprint density at radius 1 is 1.22 bits per heavy atom. The van der Waals surface area contributed by atoms with Crippen LogP contribution in [-0.2, 0) is 0 Å². The van der Waals surface area contributed by atoms with Gasteiger partial charge in [-0.15, -0.1) is 11.6 Å². The summed E-state index contributed by atoms with van der Waals surface area (Å²) in [5.74, 6) is 0.861. The van der Waals surface area contributed by atoms with Crippen LogP contribution in [0.1, 0.15) is 32.6 Å². The summed E-state index contributed by atoms with van der Waals surface area (Å²) >= 11 is 5.93. The van der Waals surface area contributed by atoms with Crippen LogP contribution in [0.4, 0.5) is 0 Å². The van der Waals surface area contributed by atoms with Crippen LogP contribution in [0.5, 0.6) is 0 Å². The molecule has 1 rings (SSSR count). The molecule has 1 aliphatic carbocycles. The van der Waals surface area contributed by atoms with Gasteiger partial charge in [-0.1, -0.05) is 6.92 Å². The first kappa shape index (κ1) is 7.40. The van der Waals surface area contributed by atoms with Crippen LogP contribution in [0.15, 0.2) is 0 Å². The van der Waals surface area contributed by atoms with E-state index in [2.05, 4.69) is 13.3 Å². The SMILES string of the molecule is C[CH]C1CCC(Cl)CC1. The zero-order valence-corrected chi connectivity index (χ0v) is 6.69. The first-order chi connectivity index (χ1) is 4.33. The Bertz CT molecular complexity index is 72.6. The lowest BCUT2D eigenvalue weighted by atomic mass is 9.87. The molecule has 0 heterocycles. The van der Waals surface area contributed by atoms with Crippen LogP contribution >= 0.6 is 11.6 Å². The third-order valence-corrected chi connectivity index (χ3v) is 2.61. The summed E-state index contributed by atoms with van der Waals surface area (Å²) in [6.45, 7) is 2.15. The minimum Gasteiger partial charge on any atom is -0.123 e. The van der Waals surface area contributed by atoms with Gasteiger partial charge in [0.25, 0.3) is 0 Å². The van der Waals surface area contributed by atoms with Gasteiger partial charge in [0.1, 0.15) is 0 Å². The second-order valence-corrected chi connectivity index (χ2v) is 3.46. The molecule has 53 valence electrons. The van der Waals surface area contributed by atoms with E-state index in [-0.39, 0.29) is 0 Å². The molecule has 0 bridgehead atoms. The maximum Gasteiger partial charge on any atom is 0.0336 e. The molecule has 0 saturated heterocycles. The van der Waals surface area contributed by atoms with Gasteiger partial charge in [0.2, 0.25) is 0 Å². The van der Waals surface area contributed by atoms with E-state index in [0.717, 1.165) is 5.92 Å². The number of hydrogen-bond acceptors (Lipinski definition) is 0. The zero-order valence-electron chi connectivity index (χ0n) is 5.94. The first-order valence-corrected chi connectivity index (χ1v) is 4.20. The van der Waals surface area contributed by atoms with Crippen molar-refractivity contribution in [3.8, 4) is 0 Å². The van der Waals surface area contributed by atoms with Gasteiger partial charge in [-0.3, -0.25) is 0 Å².